The van der Waals surface area contributed by atoms with Crippen LogP contribution in [0.4, 0.5) is 0 Å². The van der Waals surface area contributed by atoms with Crippen molar-refractivity contribution in [1.82, 2.24) is 20.0 Å². The Balaban J connectivity index is 1.63. The molecule has 2 aromatic carbocycles. The van der Waals surface area contributed by atoms with Crippen LogP contribution in [0.3, 0.4) is 0 Å². The quantitative estimate of drug-likeness (QED) is 0.668. The van der Waals surface area contributed by atoms with Gasteiger partial charge in [-0.3, -0.25) is 14.3 Å². The van der Waals surface area contributed by atoms with E-state index in [1.807, 2.05) is 61.5 Å². The molecule has 2 heterocycles. The van der Waals surface area contributed by atoms with Crippen LogP contribution in [0.1, 0.15) is 34.2 Å². The van der Waals surface area contributed by atoms with Crippen molar-refractivity contribution in [3.63, 3.8) is 0 Å². The number of carbonyl (C=O) groups excluding carboxylic acids is 2. The lowest BCUT2D eigenvalue weighted by atomic mass is 9.94. The molecule has 160 valence electrons. The molecule has 1 N–H and O–H groups in total. The van der Waals surface area contributed by atoms with Crippen molar-refractivity contribution >= 4 is 11.8 Å². The molecule has 3 aromatic rings. The minimum atomic E-state index is -1.09. The Morgan fingerprint density at radius 2 is 1.84 bits per heavy atom. The number of hydrogen-bond acceptors (Lipinski definition) is 4. The van der Waals surface area contributed by atoms with Crippen molar-refractivity contribution in [2.45, 2.75) is 39.0 Å². The van der Waals surface area contributed by atoms with Crippen molar-refractivity contribution in [2.24, 2.45) is 0 Å². The summed E-state index contributed by atoms with van der Waals surface area (Å²) in [5.74, 6) is 0.322. The fraction of sp³-hybridized carbons (Fsp3) is 0.292. The van der Waals surface area contributed by atoms with Gasteiger partial charge in [0, 0.05) is 13.1 Å². The van der Waals surface area contributed by atoms with Gasteiger partial charge in [-0.05, 0) is 43.2 Å². The Bertz CT molecular complexity index is 1090. The van der Waals surface area contributed by atoms with Crippen molar-refractivity contribution in [1.29, 1.82) is 0 Å². The number of nitrogens with zero attached hydrogens (tertiary/aromatic N) is 3. The number of aryl methyl sites for hydroxylation is 1. The van der Waals surface area contributed by atoms with Crippen LogP contribution in [0.25, 0.3) is 0 Å². The number of hydrogen-bond donors (Lipinski definition) is 1. The molecule has 0 bridgehead atoms. The molecule has 31 heavy (non-hydrogen) atoms. The monoisotopic (exact) mass is 418 g/mol. The van der Waals surface area contributed by atoms with Gasteiger partial charge in [-0.15, -0.1) is 0 Å². The highest BCUT2D eigenvalue weighted by atomic mass is 16.5. The lowest BCUT2D eigenvalue weighted by Crippen LogP contribution is -2.63. The second-order valence-electron chi connectivity index (χ2n) is 8.01. The summed E-state index contributed by atoms with van der Waals surface area (Å²) in [6.07, 6.45) is 0. The zero-order chi connectivity index (χ0) is 22.0. The molecule has 0 saturated heterocycles. The number of fused-ring (bicyclic) bond motifs is 1. The van der Waals surface area contributed by atoms with Gasteiger partial charge in [0.2, 0.25) is 5.91 Å². The van der Waals surface area contributed by atoms with Crippen molar-refractivity contribution in [3.8, 4) is 5.75 Å². The fourth-order valence-corrected chi connectivity index (χ4v) is 3.90. The Kier molecular flexibility index (Phi) is 5.50. The summed E-state index contributed by atoms with van der Waals surface area (Å²) in [4.78, 5) is 28.4. The van der Waals surface area contributed by atoms with E-state index < -0.39 is 5.54 Å². The van der Waals surface area contributed by atoms with E-state index in [1.165, 1.54) is 0 Å². The number of ether oxygens (including phenoxy) is 1. The van der Waals surface area contributed by atoms with Gasteiger partial charge in [-0.25, -0.2) is 0 Å². The summed E-state index contributed by atoms with van der Waals surface area (Å²) in [5, 5.41) is 7.44. The topological polar surface area (TPSA) is 76.5 Å². The SMILES string of the molecule is COc1ccc(CN2C(=O)c3cc(C)nn3C[C@]2(C)C(=O)NCc2ccccc2)cc1. The second kappa shape index (κ2) is 8.26. The van der Waals surface area contributed by atoms with Crippen LogP contribution in [0.2, 0.25) is 0 Å². The largest absolute Gasteiger partial charge is 0.497 e. The minimum Gasteiger partial charge on any atom is -0.497 e. The summed E-state index contributed by atoms with van der Waals surface area (Å²) in [5.41, 5.74) is 2.08. The molecule has 0 fully saturated rings. The summed E-state index contributed by atoms with van der Waals surface area (Å²) < 4.78 is 6.87. The summed E-state index contributed by atoms with van der Waals surface area (Å²) in [7, 11) is 1.61. The number of carbonyl (C=O) groups is 2. The van der Waals surface area contributed by atoms with Gasteiger partial charge in [0.05, 0.1) is 19.3 Å². The highest BCUT2D eigenvalue weighted by Gasteiger charge is 2.47. The average Bonchev–Trinajstić information content (AvgIpc) is 3.16. The van der Waals surface area contributed by atoms with Gasteiger partial charge >= 0.3 is 0 Å². The maximum atomic E-state index is 13.4. The van der Waals surface area contributed by atoms with Crippen LogP contribution in [0.5, 0.6) is 5.75 Å². The number of aromatic nitrogens is 2. The van der Waals surface area contributed by atoms with E-state index >= 15 is 0 Å². The molecule has 0 aliphatic carbocycles. The molecular formula is C24H26N4O3. The van der Waals surface area contributed by atoms with Crippen molar-refractivity contribution in [3.05, 3.63) is 83.2 Å². The molecule has 0 spiro atoms. The van der Waals surface area contributed by atoms with Gasteiger partial charge < -0.3 is 15.0 Å². The second-order valence-corrected chi connectivity index (χ2v) is 8.01. The first-order chi connectivity index (χ1) is 14.9. The maximum Gasteiger partial charge on any atom is 0.273 e. The zero-order valence-corrected chi connectivity index (χ0v) is 18.0. The molecule has 7 heteroatoms. The molecule has 0 saturated carbocycles. The molecule has 1 atom stereocenters. The number of methoxy groups -OCH3 is 1. The molecule has 2 amide bonds. The third kappa shape index (κ3) is 4.03. The van der Waals surface area contributed by atoms with E-state index in [-0.39, 0.29) is 11.8 Å². The molecule has 1 aromatic heterocycles. The molecule has 7 nitrogen and oxygen atoms in total. The first-order valence-electron chi connectivity index (χ1n) is 10.2. The number of amides is 2. The highest BCUT2D eigenvalue weighted by molar-refractivity contribution is 5.99. The Morgan fingerprint density at radius 1 is 1.13 bits per heavy atom. The van der Waals surface area contributed by atoms with Crippen LogP contribution in [0, 0.1) is 6.92 Å². The maximum absolute atomic E-state index is 13.4. The summed E-state index contributed by atoms with van der Waals surface area (Å²) in [6.45, 7) is 4.64. The van der Waals surface area contributed by atoms with Gasteiger partial charge in [0.1, 0.15) is 17.0 Å². The Morgan fingerprint density at radius 3 is 2.52 bits per heavy atom. The van der Waals surface area contributed by atoms with E-state index in [0.29, 0.717) is 25.3 Å². The molecule has 1 aliphatic heterocycles. The predicted molar refractivity (Wildman–Crippen MR) is 117 cm³/mol. The van der Waals surface area contributed by atoms with Crippen molar-refractivity contribution < 1.29 is 14.3 Å². The van der Waals surface area contributed by atoms with Gasteiger partial charge in [0.15, 0.2) is 0 Å². The number of nitrogens with one attached hydrogen (secondary N) is 1. The van der Waals surface area contributed by atoms with E-state index in [4.69, 9.17) is 4.74 Å². The Labute approximate surface area is 181 Å². The van der Waals surface area contributed by atoms with Crippen LogP contribution >= 0.6 is 0 Å². The first kappa shape index (κ1) is 20.7. The Hall–Kier alpha value is -3.61. The lowest BCUT2D eigenvalue weighted by Gasteiger charge is -2.43. The van der Waals surface area contributed by atoms with E-state index in [2.05, 4.69) is 10.4 Å². The third-order valence-electron chi connectivity index (χ3n) is 5.70. The van der Waals surface area contributed by atoms with Gasteiger partial charge in [0.25, 0.3) is 5.91 Å². The number of benzene rings is 2. The number of rotatable bonds is 6. The highest BCUT2D eigenvalue weighted by Crippen LogP contribution is 2.29. The summed E-state index contributed by atoms with van der Waals surface area (Å²) in [6, 6.07) is 19.0. The molecule has 0 radical (unpaired) electrons. The van der Waals surface area contributed by atoms with Crippen LogP contribution in [-0.4, -0.2) is 39.1 Å². The van der Waals surface area contributed by atoms with E-state index in [0.717, 1.165) is 22.6 Å². The average molecular weight is 418 g/mol. The smallest absolute Gasteiger partial charge is 0.273 e. The predicted octanol–water partition coefficient (Wildman–Crippen LogP) is 2.93. The normalized spacial score (nSPS) is 17.9. The molecule has 0 unspecified atom stereocenters. The standard InChI is InChI=1S/C24H26N4O3/c1-17-13-21-22(29)27(15-19-9-11-20(31-3)12-10-19)24(2,16-28(21)26-17)23(30)25-14-18-7-5-4-6-8-18/h4-13H,14-16H2,1-3H3,(H,25,30)/t24-/m1/s1. The first-order valence-corrected chi connectivity index (χ1v) is 10.2. The van der Waals surface area contributed by atoms with Crippen LogP contribution in [0.15, 0.2) is 60.7 Å². The lowest BCUT2D eigenvalue weighted by molar-refractivity contribution is -0.133. The van der Waals surface area contributed by atoms with Gasteiger partial charge in [-0.1, -0.05) is 42.5 Å². The van der Waals surface area contributed by atoms with Gasteiger partial charge in [-0.2, -0.15) is 5.10 Å². The molecular weight excluding hydrogens is 392 g/mol. The summed E-state index contributed by atoms with van der Waals surface area (Å²) >= 11 is 0. The van der Waals surface area contributed by atoms with Crippen molar-refractivity contribution in [2.75, 3.05) is 7.11 Å². The van der Waals surface area contributed by atoms with E-state index in [9.17, 15) is 9.59 Å². The van der Waals surface area contributed by atoms with Crippen LogP contribution < -0.4 is 10.1 Å². The zero-order valence-electron chi connectivity index (χ0n) is 18.0. The van der Waals surface area contributed by atoms with Crippen LogP contribution in [-0.2, 0) is 24.4 Å². The third-order valence-corrected chi connectivity index (χ3v) is 5.70. The molecule has 1 aliphatic rings. The molecule has 4 rings (SSSR count). The minimum absolute atomic E-state index is 0.208. The fourth-order valence-electron chi connectivity index (χ4n) is 3.90. The van der Waals surface area contributed by atoms with E-state index in [1.54, 1.807) is 29.7 Å².